The molecule has 1 saturated carbocycles. The van der Waals surface area contributed by atoms with Gasteiger partial charge in [-0.25, -0.2) is 8.78 Å². The Labute approximate surface area is 120 Å². The minimum absolute atomic E-state index is 0.255. The lowest BCUT2D eigenvalue weighted by molar-refractivity contribution is 0.173. The van der Waals surface area contributed by atoms with Crippen LogP contribution in [-0.2, 0) is 0 Å². The smallest absolute Gasteiger partial charge is 0.146 e. The van der Waals surface area contributed by atoms with E-state index in [2.05, 4.69) is 26.1 Å². The summed E-state index contributed by atoms with van der Waals surface area (Å²) in [5.41, 5.74) is 0.989. The van der Waals surface area contributed by atoms with Crippen LogP contribution in [0, 0.1) is 29.9 Å². The van der Waals surface area contributed by atoms with Crippen LogP contribution in [0.3, 0.4) is 0 Å². The molecule has 3 heteroatoms. The van der Waals surface area contributed by atoms with Crippen molar-refractivity contribution >= 4 is 5.69 Å². The summed E-state index contributed by atoms with van der Waals surface area (Å²) in [7, 11) is 0. The lowest BCUT2D eigenvalue weighted by Gasteiger charge is -2.37. The molecule has 1 aliphatic rings. The first-order valence-corrected chi connectivity index (χ1v) is 7.49. The van der Waals surface area contributed by atoms with E-state index in [1.54, 1.807) is 6.92 Å². The van der Waals surface area contributed by atoms with Crippen LogP contribution in [0.15, 0.2) is 12.1 Å². The van der Waals surface area contributed by atoms with Crippen LogP contribution >= 0.6 is 0 Å². The molecule has 0 amide bonds. The van der Waals surface area contributed by atoms with Crippen LogP contribution < -0.4 is 5.32 Å². The average molecular weight is 281 g/mol. The van der Waals surface area contributed by atoms with Crippen molar-refractivity contribution in [3.05, 3.63) is 29.3 Å². The Bertz CT molecular complexity index is 469. The van der Waals surface area contributed by atoms with Gasteiger partial charge in [0.05, 0.1) is 5.69 Å². The average Bonchev–Trinajstić information content (AvgIpc) is 2.35. The van der Waals surface area contributed by atoms with Crippen molar-refractivity contribution in [2.75, 3.05) is 5.32 Å². The summed E-state index contributed by atoms with van der Waals surface area (Å²) in [6.07, 6.45) is 4.35. The van der Waals surface area contributed by atoms with Gasteiger partial charge < -0.3 is 5.32 Å². The lowest BCUT2D eigenvalue weighted by Crippen LogP contribution is -2.31. The molecule has 1 fully saturated rings. The van der Waals surface area contributed by atoms with E-state index in [0.717, 1.165) is 31.6 Å². The van der Waals surface area contributed by atoms with Crippen LogP contribution in [0.2, 0.25) is 0 Å². The largest absolute Gasteiger partial charge is 0.380 e. The highest BCUT2D eigenvalue weighted by molar-refractivity contribution is 5.47. The number of anilines is 1. The maximum Gasteiger partial charge on any atom is 0.146 e. The molecule has 20 heavy (non-hydrogen) atoms. The summed E-state index contributed by atoms with van der Waals surface area (Å²) in [6.45, 7) is 8.41. The van der Waals surface area contributed by atoms with Crippen LogP contribution in [0.4, 0.5) is 14.5 Å². The number of hydrogen-bond acceptors (Lipinski definition) is 1. The standard InChI is InChI=1S/C17H25F2N/c1-11-9-15(19)16(10-14(11)18)20-13-7-5-12(6-8-13)17(2,3)4/h9-10,12-13,20H,5-8H2,1-4H3. The molecule has 1 aliphatic carbocycles. The fourth-order valence-electron chi connectivity index (χ4n) is 3.08. The molecule has 0 unspecified atom stereocenters. The molecule has 0 aliphatic heterocycles. The summed E-state index contributed by atoms with van der Waals surface area (Å²) in [4.78, 5) is 0. The van der Waals surface area contributed by atoms with Gasteiger partial charge in [0.25, 0.3) is 0 Å². The van der Waals surface area contributed by atoms with Crippen molar-refractivity contribution in [3.8, 4) is 0 Å². The van der Waals surface area contributed by atoms with Gasteiger partial charge in [-0.3, -0.25) is 0 Å². The minimum atomic E-state index is -0.359. The summed E-state index contributed by atoms with van der Waals surface area (Å²) >= 11 is 0. The van der Waals surface area contributed by atoms with Crippen molar-refractivity contribution in [2.45, 2.75) is 59.4 Å². The van der Waals surface area contributed by atoms with Crippen LogP contribution in [-0.4, -0.2) is 6.04 Å². The number of hydrogen-bond donors (Lipinski definition) is 1. The highest BCUT2D eigenvalue weighted by Crippen LogP contribution is 2.38. The van der Waals surface area contributed by atoms with Gasteiger partial charge in [0, 0.05) is 12.1 Å². The maximum atomic E-state index is 13.8. The molecule has 0 radical (unpaired) electrons. The molecule has 1 aromatic rings. The van der Waals surface area contributed by atoms with Gasteiger partial charge >= 0.3 is 0 Å². The third-order valence-corrected chi connectivity index (χ3v) is 4.56. The molecule has 112 valence electrons. The Morgan fingerprint density at radius 3 is 2.15 bits per heavy atom. The molecule has 0 atom stereocenters. The number of aryl methyl sites for hydroxylation is 1. The Balaban J connectivity index is 1.98. The van der Waals surface area contributed by atoms with Gasteiger partial charge in [-0.15, -0.1) is 0 Å². The number of benzene rings is 1. The third-order valence-electron chi connectivity index (χ3n) is 4.56. The van der Waals surface area contributed by atoms with Gasteiger partial charge in [0.2, 0.25) is 0 Å². The quantitative estimate of drug-likeness (QED) is 0.776. The molecule has 0 saturated heterocycles. The van der Waals surface area contributed by atoms with Gasteiger partial charge in [0.1, 0.15) is 11.6 Å². The normalized spacial score (nSPS) is 23.7. The zero-order valence-electron chi connectivity index (χ0n) is 12.9. The first-order valence-electron chi connectivity index (χ1n) is 7.49. The number of rotatable bonds is 2. The van der Waals surface area contributed by atoms with E-state index >= 15 is 0 Å². The second-order valence-corrected chi connectivity index (χ2v) is 7.14. The van der Waals surface area contributed by atoms with Crippen LogP contribution in [0.25, 0.3) is 0 Å². The number of nitrogens with one attached hydrogen (secondary N) is 1. The molecule has 2 rings (SSSR count). The second-order valence-electron chi connectivity index (χ2n) is 7.14. The van der Waals surface area contributed by atoms with Gasteiger partial charge in [-0.05, 0) is 55.6 Å². The Hall–Kier alpha value is -1.12. The van der Waals surface area contributed by atoms with E-state index in [1.165, 1.54) is 12.1 Å². The predicted molar refractivity (Wildman–Crippen MR) is 79.9 cm³/mol. The van der Waals surface area contributed by atoms with Gasteiger partial charge in [-0.1, -0.05) is 20.8 Å². The van der Waals surface area contributed by atoms with E-state index in [-0.39, 0.29) is 17.7 Å². The predicted octanol–water partition coefficient (Wildman–Crippen LogP) is 5.29. The lowest BCUT2D eigenvalue weighted by atomic mass is 9.71. The molecular weight excluding hydrogens is 256 g/mol. The molecule has 0 spiro atoms. The molecule has 1 N–H and O–H groups in total. The van der Waals surface area contributed by atoms with Gasteiger partial charge in [0.15, 0.2) is 0 Å². The topological polar surface area (TPSA) is 12.0 Å². The van der Waals surface area contributed by atoms with Crippen LogP contribution in [0.5, 0.6) is 0 Å². The SMILES string of the molecule is Cc1cc(F)c(NC2CCC(C(C)(C)C)CC2)cc1F. The fraction of sp³-hybridized carbons (Fsp3) is 0.647. The second kappa shape index (κ2) is 5.71. The van der Waals surface area contributed by atoms with Crippen molar-refractivity contribution in [1.82, 2.24) is 0 Å². The maximum absolute atomic E-state index is 13.8. The third kappa shape index (κ3) is 3.50. The summed E-state index contributed by atoms with van der Waals surface area (Å²) in [6, 6.07) is 2.80. The van der Waals surface area contributed by atoms with E-state index in [4.69, 9.17) is 0 Å². The van der Waals surface area contributed by atoms with E-state index in [0.29, 0.717) is 16.7 Å². The Kier molecular flexibility index (Phi) is 4.36. The Morgan fingerprint density at radius 2 is 1.60 bits per heavy atom. The Morgan fingerprint density at radius 1 is 1.00 bits per heavy atom. The molecule has 0 bridgehead atoms. The molecule has 0 heterocycles. The van der Waals surface area contributed by atoms with E-state index < -0.39 is 0 Å². The van der Waals surface area contributed by atoms with E-state index in [1.807, 2.05) is 0 Å². The zero-order chi connectivity index (χ0) is 14.9. The first kappa shape index (κ1) is 15.3. The summed E-state index contributed by atoms with van der Waals surface area (Å²) in [5.74, 6) is 0.0132. The highest BCUT2D eigenvalue weighted by Gasteiger charge is 2.29. The minimum Gasteiger partial charge on any atom is -0.380 e. The monoisotopic (exact) mass is 281 g/mol. The molecule has 1 nitrogen and oxygen atoms in total. The molecule has 1 aromatic carbocycles. The van der Waals surface area contributed by atoms with E-state index in [9.17, 15) is 8.78 Å². The van der Waals surface area contributed by atoms with Crippen molar-refractivity contribution < 1.29 is 8.78 Å². The summed E-state index contributed by atoms with van der Waals surface area (Å²) < 4.78 is 27.3. The fourth-order valence-corrected chi connectivity index (χ4v) is 3.08. The molecular formula is C17H25F2N. The van der Waals surface area contributed by atoms with Gasteiger partial charge in [-0.2, -0.15) is 0 Å². The zero-order valence-corrected chi connectivity index (χ0v) is 12.9. The first-order chi connectivity index (χ1) is 9.27. The number of halogens is 2. The summed E-state index contributed by atoms with van der Waals surface area (Å²) in [5, 5.41) is 3.17. The molecule has 0 aromatic heterocycles. The highest BCUT2D eigenvalue weighted by atomic mass is 19.1. The van der Waals surface area contributed by atoms with Crippen LogP contribution in [0.1, 0.15) is 52.0 Å². The van der Waals surface area contributed by atoms with Crippen molar-refractivity contribution in [2.24, 2.45) is 11.3 Å². The van der Waals surface area contributed by atoms with Crippen molar-refractivity contribution in [3.63, 3.8) is 0 Å². The van der Waals surface area contributed by atoms with Crippen molar-refractivity contribution in [1.29, 1.82) is 0 Å².